The largest absolute Gasteiger partial charge is 0.494 e. The van der Waals surface area contributed by atoms with Crippen molar-refractivity contribution in [2.75, 3.05) is 38.2 Å². The van der Waals surface area contributed by atoms with Crippen LogP contribution in [-0.4, -0.2) is 50.8 Å². The van der Waals surface area contributed by atoms with E-state index in [4.69, 9.17) is 9.47 Å². The highest BCUT2D eigenvalue weighted by Gasteiger charge is 2.21. The number of hydrogen-bond donors (Lipinski definition) is 3. The van der Waals surface area contributed by atoms with Gasteiger partial charge in [0.15, 0.2) is 0 Å². The van der Waals surface area contributed by atoms with Gasteiger partial charge in [-0.2, -0.15) is 0 Å². The number of ether oxygens (including phenoxy) is 2. The number of hydrogen-bond acceptors (Lipinski definition) is 5. The highest BCUT2D eigenvalue weighted by Crippen LogP contribution is 2.15. The van der Waals surface area contributed by atoms with Gasteiger partial charge in [-0.15, -0.1) is 0 Å². The molecule has 1 atom stereocenters. The second kappa shape index (κ2) is 8.35. The SMILES string of the molecule is CCOc1ccc(NC(=O)CNC(=O)C2CNCCO2)cc1. The fraction of sp³-hybridized carbons (Fsp3) is 0.467. The summed E-state index contributed by atoms with van der Waals surface area (Å²) in [4.78, 5) is 23.6. The summed E-state index contributed by atoms with van der Waals surface area (Å²) in [5.41, 5.74) is 0.651. The van der Waals surface area contributed by atoms with Crippen LogP contribution >= 0.6 is 0 Å². The van der Waals surface area contributed by atoms with Crippen molar-refractivity contribution in [2.45, 2.75) is 13.0 Å². The molecule has 2 rings (SSSR count). The molecule has 7 heteroatoms. The number of rotatable bonds is 6. The first-order valence-electron chi connectivity index (χ1n) is 7.32. The summed E-state index contributed by atoms with van der Waals surface area (Å²) in [6.45, 7) is 4.11. The van der Waals surface area contributed by atoms with Crippen LogP contribution in [0.2, 0.25) is 0 Å². The molecular weight excluding hydrogens is 286 g/mol. The third kappa shape index (κ3) is 5.01. The third-order valence-electron chi connectivity index (χ3n) is 3.09. The van der Waals surface area contributed by atoms with Crippen LogP contribution in [-0.2, 0) is 14.3 Å². The highest BCUT2D eigenvalue weighted by atomic mass is 16.5. The third-order valence-corrected chi connectivity index (χ3v) is 3.09. The van der Waals surface area contributed by atoms with E-state index >= 15 is 0 Å². The van der Waals surface area contributed by atoms with Crippen molar-refractivity contribution in [3.8, 4) is 5.75 Å². The second-order valence-corrected chi connectivity index (χ2v) is 4.79. The molecule has 0 saturated carbocycles. The van der Waals surface area contributed by atoms with Crippen molar-refractivity contribution in [3.05, 3.63) is 24.3 Å². The van der Waals surface area contributed by atoms with E-state index in [1.165, 1.54) is 0 Å². The molecule has 0 radical (unpaired) electrons. The fourth-order valence-electron chi connectivity index (χ4n) is 2.02. The van der Waals surface area contributed by atoms with Crippen molar-refractivity contribution in [3.63, 3.8) is 0 Å². The maximum Gasteiger partial charge on any atom is 0.250 e. The zero-order chi connectivity index (χ0) is 15.8. The number of nitrogens with one attached hydrogen (secondary N) is 3. The molecule has 1 unspecified atom stereocenters. The van der Waals surface area contributed by atoms with Crippen molar-refractivity contribution in [1.29, 1.82) is 0 Å². The molecule has 120 valence electrons. The van der Waals surface area contributed by atoms with Crippen molar-refractivity contribution in [2.24, 2.45) is 0 Å². The van der Waals surface area contributed by atoms with Crippen LogP contribution in [0.3, 0.4) is 0 Å². The molecule has 1 aromatic carbocycles. The van der Waals surface area contributed by atoms with Gasteiger partial charge in [-0.05, 0) is 31.2 Å². The summed E-state index contributed by atoms with van der Waals surface area (Å²) in [7, 11) is 0. The van der Waals surface area contributed by atoms with Crippen LogP contribution in [0.4, 0.5) is 5.69 Å². The van der Waals surface area contributed by atoms with E-state index in [0.717, 1.165) is 12.3 Å². The Morgan fingerprint density at radius 1 is 1.36 bits per heavy atom. The Morgan fingerprint density at radius 3 is 2.77 bits per heavy atom. The summed E-state index contributed by atoms with van der Waals surface area (Å²) < 4.78 is 10.6. The summed E-state index contributed by atoms with van der Waals surface area (Å²) in [5, 5.41) is 8.33. The molecule has 1 fully saturated rings. The summed E-state index contributed by atoms with van der Waals surface area (Å²) in [6, 6.07) is 7.05. The van der Waals surface area contributed by atoms with Crippen molar-refractivity contribution in [1.82, 2.24) is 10.6 Å². The first kappa shape index (κ1) is 16.3. The molecule has 1 saturated heterocycles. The number of morpholine rings is 1. The molecule has 0 aliphatic carbocycles. The van der Waals surface area contributed by atoms with Gasteiger partial charge in [-0.3, -0.25) is 9.59 Å². The minimum atomic E-state index is -0.535. The number of anilines is 1. The molecular formula is C15H21N3O4. The Hall–Kier alpha value is -2.12. The summed E-state index contributed by atoms with van der Waals surface area (Å²) >= 11 is 0. The van der Waals surface area contributed by atoms with Crippen LogP contribution in [0.5, 0.6) is 5.75 Å². The Labute approximate surface area is 129 Å². The number of amides is 2. The minimum Gasteiger partial charge on any atom is -0.494 e. The Balaban J connectivity index is 1.73. The minimum absolute atomic E-state index is 0.0914. The number of benzene rings is 1. The molecule has 1 heterocycles. The van der Waals surface area contributed by atoms with Gasteiger partial charge in [0.05, 0.1) is 19.8 Å². The van der Waals surface area contributed by atoms with E-state index in [1.807, 2.05) is 6.92 Å². The van der Waals surface area contributed by atoms with Crippen LogP contribution in [0.25, 0.3) is 0 Å². The van der Waals surface area contributed by atoms with E-state index in [2.05, 4.69) is 16.0 Å². The number of carbonyl (C=O) groups is 2. The van der Waals surface area contributed by atoms with Gasteiger partial charge in [0.2, 0.25) is 5.91 Å². The summed E-state index contributed by atoms with van der Waals surface area (Å²) in [5.74, 6) is 0.172. The van der Waals surface area contributed by atoms with Crippen LogP contribution in [0.15, 0.2) is 24.3 Å². The van der Waals surface area contributed by atoms with E-state index in [0.29, 0.717) is 25.4 Å². The lowest BCUT2D eigenvalue weighted by molar-refractivity contribution is -0.135. The van der Waals surface area contributed by atoms with Gasteiger partial charge in [0, 0.05) is 18.8 Å². The van der Waals surface area contributed by atoms with Crippen molar-refractivity contribution >= 4 is 17.5 Å². The average molecular weight is 307 g/mol. The first-order valence-corrected chi connectivity index (χ1v) is 7.32. The monoisotopic (exact) mass is 307 g/mol. The quantitative estimate of drug-likeness (QED) is 0.695. The van der Waals surface area contributed by atoms with Gasteiger partial charge in [0.25, 0.3) is 5.91 Å². The smallest absolute Gasteiger partial charge is 0.250 e. The van der Waals surface area contributed by atoms with E-state index < -0.39 is 6.10 Å². The maximum absolute atomic E-state index is 11.8. The molecule has 2 amide bonds. The fourth-order valence-corrected chi connectivity index (χ4v) is 2.02. The van der Waals surface area contributed by atoms with Crippen LogP contribution in [0, 0.1) is 0 Å². The zero-order valence-corrected chi connectivity index (χ0v) is 12.6. The van der Waals surface area contributed by atoms with Gasteiger partial charge < -0.3 is 25.4 Å². The van der Waals surface area contributed by atoms with Gasteiger partial charge in [-0.1, -0.05) is 0 Å². The predicted octanol–water partition coefficient (Wildman–Crippen LogP) is 0.128. The van der Waals surface area contributed by atoms with E-state index in [9.17, 15) is 9.59 Å². The molecule has 3 N–H and O–H groups in total. The Bertz CT molecular complexity index is 498. The maximum atomic E-state index is 11.8. The van der Waals surface area contributed by atoms with Gasteiger partial charge in [0.1, 0.15) is 11.9 Å². The Morgan fingerprint density at radius 2 is 2.14 bits per heavy atom. The Kier molecular flexibility index (Phi) is 6.17. The average Bonchev–Trinajstić information content (AvgIpc) is 2.55. The lowest BCUT2D eigenvalue weighted by atomic mass is 10.3. The normalized spacial score (nSPS) is 17.6. The molecule has 0 spiro atoms. The second-order valence-electron chi connectivity index (χ2n) is 4.79. The zero-order valence-electron chi connectivity index (χ0n) is 12.6. The molecule has 1 aliphatic rings. The van der Waals surface area contributed by atoms with Gasteiger partial charge in [-0.25, -0.2) is 0 Å². The van der Waals surface area contributed by atoms with Crippen LogP contribution < -0.4 is 20.7 Å². The topological polar surface area (TPSA) is 88.7 Å². The standard InChI is InChI=1S/C15H21N3O4/c1-2-21-12-5-3-11(4-6-12)18-14(19)10-17-15(20)13-9-16-7-8-22-13/h3-6,13,16H,2,7-10H2,1H3,(H,17,20)(H,18,19). The van der Waals surface area contributed by atoms with Crippen molar-refractivity contribution < 1.29 is 19.1 Å². The van der Waals surface area contributed by atoms with E-state index in [-0.39, 0.29) is 18.4 Å². The summed E-state index contributed by atoms with van der Waals surface area (Å²) in [6.07, 6.45) is -0.535. The van der Waals surface area contributed by atoms with E-state index in [1.54, 1.807) is 24.3 Å². The molecule has 22 heavy (non-hydrogen) atoms. The molecule has 1 aromatic rings. The van der Waals surface area contributed by atoms with Gasteiger partial charge >= 0.3 is 0 Å². The molecule has 0 aromatic heterocycles. The predicted molar refractivity (Wildman–Crippen MR) is 81.9 cm³/mol. The molecule has 7 nitrogen and oxygen atoms in total. The lowest BCUT2D eigenvalue weighted by Crippen LogP contribution is -2.49. The number of carbonyl (C=O) groups excluding carboxylic acids is 2. The lowest BCUT2D eigenvalue weighted by Gasteiger charge is -2.22. The molecule has 1 aliphatic heterocycles. The highest BCUT2D eigenvalue weighted by molar-refractivity contribution is 5.95. The first-order chi connectivity index (χ1) is 10.7. The molecule has 0 bridgehead atoms. The van der Waals surface area contributed by atoms with Crippen LogP contribution in [0.1, 0.15) is 6.92 Å².